The lowest BCUT2D eigenvalue weighted by molar-refractivity contribution is -0.137. The second-order valence-corrected chi connectivity index (χ2v) is 6.28. The predicted molar refractivity (Wildman–Crippen MR) is 90.9 cm³/mol. The van der Waals surface area contributed by atoms with Crippen LogP contribution in [0.1, 0.15) is 19.4 Å². The predicted octanol–water partition coefficient (Wildman–Crippen LogP) is 3.85. The van der Waals surface area contributed by atoms with Crippen LogP contribution in [-0.4, -0.2) is 24.0 Å². The Kier molecular flexibility index (Phi) is 5.53. The number of carbonyl (C=O) groups excluding carboxylic acids is 1. The van der Waals surface area contributed by atoms with Crippen LogP contribution in [0.2, 0.25) is 0 Å². The summed E-state index contributed by atoms with van der Waals surface area (Å²) in [7, 11) is 1.50. The van der Waals surface area contributed by atoms with Crippen LogP contribution < -0.4 is 10.6 Å². The molecule has 0 radical (unpaired) electrons. The Morgan fingerprint density at radius 1 is 1.12 bits per heavy atom. The summed E-state index contributed by atoms with van der Waals surface area (Å²) in [5.41, 5.74) is 5.29. The molecule has 0 aliphatic carbocycles. The third-order valence-corrected chi connectivity index (χ3v) is 4.01. The van der Waals surface area contributed by atoms with E-state index < -0.39 is 29.5 Å². The minimum atomic E-state index is -4.44. The minimum absolute atomic E-state index is 0.0973. The molecule has 0 saturated carbocycles. The zero-order valence-electron chi connectivity index (χ0n) is 14.5. The monoisotopic (exact) mass is 369 g/mol. The molecule has 0 unspecified atom stereocenters. The zero-order chi connectivity index (χ0) is 19.6. The van der Waals surface area contributed by atoms with Gasteiger partial charge in [0.1, 0.15) is 6.04 Å². The highest BCUT2D eigenvalue weighted by Gasteiger charge is 2.30. The molecule has 0 aliphatic heterocycles. The van der Waals surface area contributed by atoms with E-state index in [9.17, 15) is 22.4 Å². The summed E-state index contributed by atoms with van der Waals surface area (Å²) in [6.45, 7) is 3.53. The molecule has 0 aliphatic rings. The first-order chi connectivity index (χ1) is 12.0. The molecule has 2 aromatic rings. The SMILES string of the molecule is CC(C)[C@H](C(N)=O)N(C)c1nc(-c2ccc(C(F)(F)F)cc2)ccc1F. The molecule has 26 heavy (non-hydrogen) atoms. The number of pyridine rings is 1. The van der Waals surface area contributed by atoms with E-state index in [4.69, 9.17) is 5.73 Å². The molecule has 1 amide bonds. The van der Waals surface area contributed by atoms with Gasteiger partial charge in [0.05, 0.1) is 11.3 Å². The van der Waals surface area contributed by atoms with E-state index in [1.807, 2.05) is 0 Å². The fourth-order valence-electron chi connectivity index (χ4n) is 2.77. The van der Waals surface area contributed by atoms with Crippen molar-refractivity contribution in [2.75, 3.05) is 11.9 Å². The lowest BCUT2D eigenvalue weighted by Crippen LogP contribution is -2.47. The summed E-state index contributed by atoms with van der Waals surface area (Å²) in [4.78, 5) is 17.2. The number of hydrogen-bond acceptors (Lipinski definition) is 3. The van der Waals surface area contributed by atoms with E-state index in [1.165, 1.54) is 30.1 Å². The number of alkyl halides is 3. The fourth-order valence-corrected chi connectivity index (χ4v) is 2.77. The lowest BCUT2D eigenvalue weighted by Gasteiger charge is -2.30. The summed E-state index contributed by atoms with van der Waals surface area (Å²) >= 11 is 0. The molecular formula is C18H19F4N3O. The normalized spacial score (nSPS) is 12.9. The van der Waals surface area contributed by atoms with Crippen molar-refractivity contribution in [2.45, 2.75) is 26.1 Å². The highest BCUT2D eigenvalue weighted by Crippen LogP contribution is 2.31. The third kappa shape index (κ3) is 4.12. The topological polar surface area (TPSA) is 59.2 Å². The van der Waals surface area contributed by atoms with E-state index >= 15 is 0 Å². The largest absolute Gasteiger partial charge is 0.416 e. The van der Waals surface area contributed by atoms with Crippen molar-refractivity contribution in [1.29, 1.82) is 0 Å². The number of nitrogens with two attached hydrogens (primary N) is 1. The van der Waals surface area contributed by atoms with E-state index in [-0.39, 0.29) is 17.4 Å². The Labute approximate surface area is 148 Å². The Hall–Kier alpha value is -2.64. The maximum Gasteiger partial charge on any atom is 0.416 e. The fraction of sp³-hybridized carbons (Fsp3) is 0.333. The van der Waals surface area contributed by atoms with Gasteiger partial charge in [-0.3, -0.25) is 4.79 Å². The molecule has 8 heteroatoms. The molecule has 0 fully saturated rings. The molecule has 0 spiro atoms. The Morgan fingerprint density at radius 2 is 1.69 bits per heavy atom. The summed E-state index contributed by atoms with van der Waals surface area (Å²) in [5.74, 6) is -1.56. The number of benzene rings is 1. The molecule has 1 atom stereocenters. The van der Waals surface area contributed by atoms with Crippen LogP contribution in [0.25, 0.3) is 11.3 Å². The van der Waals surface area contributed by atoms with Crippen LogP contribution in [0.3, 0.4) is 0 Å². The van der Waals surface area contributed by atoms with Gasteiger partial charge in [0.15, 0.2) is 11.6 Å². The number of carbonyl (C=O) groups is 1. The van der Waals surface area contributed by atoms with Crippen LogP contribution in [0.4, 0.5) is 23.4 Å². The number of halogens is 4. The minimum Gasteiger partial charge on any atom is -0.368 e. The highest BCUT2D eigenvalue weighted by atomic mass is 19.4. The second-order valence-electron chi connectivity index (χ2n) is 6.28. The van der Waals surface area contributed by atoms with Crippen molar-refractivity contribution in [1.82, 2.24) is 4.98 Å². The molecule has 0 bridgehead atoms. The Balaban J connectivity index is 2.42. The molecule has 1 aromatic carbocycles. The van der Waals surface area contributed by atoms with Crippen LogP contribution in [-0.2, 0) is 11.0 Å². The molecule has 1 heterocycles. The van der Waals surface area contributed by atoms with Crippen molar-refractivity contribution >= 4 is 11.7 Å². The summed E-state index contributed by atoms with van der Waals surface area (Å²) in [6, 6.07) is 6.14. The van der Waals surface area contributed by atoms with Gasteiger partial charge < -0.3 is 10.6 Å². The van der Waals surface area contributed by atoms with Gasteiger partial charge in [0, 0.05) is 12.6 Å². The van der Waals surface area contributed by atoms with Crippen LogP contribution in [0.5, 0.6) is 0 Å². The standard InChI is InChI=1S/C18H19F4N3O/c1-10(2)15(16(23)26)25(3)17-13(19)8-9-14(24-17)11-4-6-12(7-5-11)18(20,21)22/h4-10,15H,1-3H3,(H2,23,26)/t15-/m1/s1. The number of amides is 1. The van der Waals surface area contributed by atoms with Gasteiger partial charge in [-0.2, -0.15) is 13.2 Å². The van der Waals surface area contributed by atoms with Gasteiger partial charge in [-0.15, -0.1) is 0 Å². The van der Waals surface area contributed by atoms with E-state index in [0.717, 1.165) is 18.2 Å². The first-order valence-electron chi connectivity index (χ1n) is 7.88. The smallest absolute Gasteiger partial charge is 0.368 e. The van der Waals surface area contributed by atoms with Crippen LogP contribution in [0, 0.1) is 11.7 Å². The number of nitrogens with zero attached hydrogens (tertiary/aromatic N) is 2. The Bertz CT molecular complexity index is 788. The summed E-state index contributed by atoms with van der Waals surface area (Å²) in [6.07, 6.45) is -4.44. The second kappa shape index (κ2) is 7.31. The highest BCUT2D eigenvalue weighted by molar-refractivity contribution is 5.83. The van der Waals surface area contributed by atoms with Gasteiger partial charge in [-0.1, -0.05) is 26.0 Å². The third-order valence-electron chi connectivity index (χ3n) is 4.01. The van der Waals surface area contributed by atoms with Crippen molar-refractivity contribution in [3.8, 4) is 11.3 Å². The molecule has 2 rings (SSSR count). The first kappa shape index (κ1) is 19.7. The lowest BCUT2D eigenvalue weighted by atomic mass is 10.0. The van der Waals surface area contributed by atoms with Crippen LogP contribution in [0.15, 0.2) is 36.4 Å². The van der Waals surface area contributed by atoms with Crippen molar-refractivity contribution in [3.63, 3.8) is 0 Å². The van der Waals surface area contributed by atoms with E-state index in [2.05, 4.69) is 4.98 Å². The first-order valence-corrected chi connectivity index (χ1v) is 7.88. The number of rotatable bonds is 5. The van der Waals surface area contributed by atoms with E-state index in [1.54, 1.807) is 13.8 Å². The molecule has 0 saturated heterocycles. The maximum absolute atomic E-state index is 14.2. The molecule has 1 aromatic heterocycles. The van der Waals surface area contributed by atoms with E-state index in [0.29, 0.717) is 5.56 Å². The molecule has 4 nitrogen and oxygen atoms in total. The van der Waals surface area contributed by atoms with Gasteiger partial charge >= 0.3 is 6.18 Å². The average Bonchev–Trinajstić information content (AvgIpc) is 2.53. The Morgan fingerprint density at radius 3 is 2.15 bits per heavy atom. The number of primary amides is 1. The number of likely N-dealkylation sites (N-methyl/N-ethyl adjacent to an activating group) is 1. The molecule has 140 valence electrons. The quantitative estimate of drug-likeness (QED) is 0.815. The van der Waals surface area contributed by atoms with Gasteiger partial charge in [-0.05, 0) is 30.2 Å². The maximum atomic E-state index is 14.2. The summed E-state index contributed by atoms with van der Waals surface area (Å²) in [5, 5.41) is 0. The van der Waals surface area contributed by atoms with Crippen molar-refractivity contribution in [2.24, 2.45) is 11.7 Å². The summed E-state index contributed by atoms with van der Waals surface area (Å²) < 4.78 is 52.2. The number of anilines is 1. The van der Waals surface area contributed by atoms with Crippen LogP contribution >= 0.6 is 0 Å². The average molecular weight is 369 g/mol. The number of aromatic nitrogens is 1. The van der Waals surface area contributed by atoms with Gasteiger partial charge in [0.25, 0.3) is 0 Å². The van der Waals surface area contributed by atoms with Crippen molar-refractivity contribution in [3.05, 3.63) is 47.8 Å². The van der Waals surface area contributed by atoms with Gasteiger partial charge in [-0.25, -0.2) is 9.37 Å². The zero-order valence-corrected chi connectivity index (χ0v) is 14.5. The van der Waals surface area contributed by atoms with Crippen molar-refractivity contribution < 1.29 is 22.4 Å². The van der Waals surface area contributed by atoms with Gasteiger partial charge in [0.2, 0.25) is 5.91 Å². The molecular weight excluding hydrogens is 350 g/mol. The molecule has 2 N–H and O–H groups in total. The number of hydrogen-bond donors (Lipinski definition) is 1.